The van der Waals surface area contributed by atoms with Crippen molar-refractivity contribution >= 4 is 38.2 Å². The molecule has 3 N–H and O–H groups in total. The van der Waals surface area contributed by atoms with Crippen LogP contribution >= 0.6 is 0 Å². The Hall–Kier alpha value is -4.18. The van der Waals surface area contributed by atoms with E-state index in [0.717, 1.165) is 10.8 Å². The number of phenols is 1. The minimum Gasteiger partial charge on any atom is -0.507 e. The second kappa shape index (κ2) is 8.52. The molecule has 0 aliphatic heterocycles. The summed E-state index contributed by atoms with van der Waals surface area (Å²) in [5.74, 6) is -0.374. The van der Waals surface area contributed by atoms with Crippen molar-refractivity contribution in [2.45, 2.75) is 4.90 Å². The molecule has 0 bridgehead atoms. The lowest BCUT2D eigenvalue weighted by atomic mass is 10.1. The molecule has 0 aliphatic carbocycles. The maximum atomic E-state index is 12.6. The van der Waals surface area contributed by atoms with Crippen molar-refractivity contribution in [2.75, 3.05) is 17.1 Å². The summed E-state index contributed by atoms with van der Waals surface area (Å²) in [5, 5.41) is 21.9. The summed E-state index contributed by atoms with van der Waals surface area (Å²) in [7, 11) is -2.48. The fourth-order valence-corrected chi connectivity index (χ4v) is 4.00. The first-order valence-corrected chi connectivity index (χ1v) is 10.9. The molecule has 4 aromatic rings. The second-order valence-corrected chi connectivity index (χ2v) is 8.44. The van der Waals surface area contributed by atoms with Gasteiger partial charge in [-0.2, -0.15) is 0 Å². The first-order chi connectivity index (χ1) is 15.4. The van der Waals surface area contributed by atoms with Crippen molar-refractivity contribution < 1.29 is 23.1 Å². The molecule has 0 spiro atoms. The van der Waals surface area contributed by atoms with Gasteiger partial charge in [0.25, 0.3) is 15.9 Å². The number of aromatic nitrogens is 2. The van der Waals surface area contributed by atoms with Crippen LogP contribution in [0.2, 0.25) is 0 Å². The number of carbonyl (C=O) groups excluding carboxylic acids is 1. The van der Waals surface area contributed by atoms with Gasteiger partial charge in [0.2, 0.25) is 5.88 Å². The largest absolute Gasteiger partial charge is 0.507 e. The molecule has 0 aliphatic rings. The quantitative estimate of drug-likeness (QED) is 0.410. The van der Waals surface area contributed by atoms with Crippen LogP contribution in [0.5, 0.6) is 11.6 Å². The predicted octanol–water partition coefficient (Wildman–Crippen LogP) is 3.40. The minimum atomic E-state index is -3.91. The van der Waals surface area contributed by atoms with Crippen LogP contribution < -0.4 is 14.8 Å². The van der Waals surface area contributed by atoms with E-state index in [2.05, 4.69) is 20.2 Å². The van der Waals surface area contributed by atoms with E-state index in [4.69, 9.17) is 4.74 Å². The van der Waals surface area contributed by atoms with E-state index in [-0.39, 0.29) is 27.9 Å². The number of nitrogens with one attached hydrogen (secondary N) is 2. The topological polar surface area (TPSA) is 131 Å². The van der Waals surface area contributed by atoms with E-state index >= 15 is 0 Å². The number of fused-ring (bicyclic) bond motifs is 1. The number of phenolic OH excluding ortho intramolecular Hbond substituents is 1. The number of hydrogen-bond donors (Lipinski definition) is 3. The van der Waals surface area contributed by atoms with Gasteiger partial charge in [0.15, 0.2) is 5.82 Å². The van der Waals surface area contributed by atoms with E-state index in [0.29, 0.717) is 5.69 Å². The van der Waals surface area contributed by atoms with Gasteiger partial charge in [-0.1, -0.05) is 24.3 Å². The highest BCUT2D eigenvalue weighted by molar-refractivity contribution is 7.92. The van der Waals surface area contributed by atoms with Crippen LogP contribution in [-0.4, -0.2) is 36.7 Å². The van der Waals surface area contributed by atoms with Crippen LogP contribution in [0.4, 0.5) is 11.5 Å². The van der Waals surface area contributed by atoms with Crippen molar-refractivity contribution in [2.24, 2.45) is 0 Å². The molecule has 10 heteroatoms. The van der Waals surface area contributed by atoms with E-state index in [1.807, 2.05) is 24.3 Å². The Morgan fingerprint density at radius 2 is 1.62 bits per heavy atom. The van der Waals surface area contributed by atoms with Crippen LogP contribution in [0.1, 0.15) is 10.4 Å². The van der Waals surface area contributed by atoms with E-state index in [1.165, 1.54) is 49.6 Å². The highest BCUT2D eigenvalue weighted by Crippen LogP contribution is 2.26. The number of benzene rings is 3. The van der Waals surface area contributed by atoms with Gasteiger partial charge in [-0.25, -0.2) is 8.42 Å². The molecule has 1 aromatic heterocycles. The summed E-state index contributed by atoms with van der Waals surface area (Å²) in [6.45, 7) is 0. The molecule has 4 rings (SSSR count). The maximum Gasteiger partial charge on any atom is 0.263 e. The molecule has 0 fully saturated rings. The molecule has 0 saturated heterocycles. The summed E-state index contributed by atoms with van der Waals surface area (Å²) >= 11 is 0. The highest BCUT2D eigenvalue weighted by atomic mass is 32.2. The van der Waals surface area contributed by atoms with Gasteiger partial charge in [0.05, 0.1) is 17.6 Å². The number of nitrogens with zero attached hydrogens (tertiary/aromatic N) is 2. The lowest BCUT2D eigenvalue weighted by Crippen LogP contribution is -2.15. The van der Waals surface area contributed by atoms with Crippen LogP contribution in [0.15, 0.2) is 77.7 Å². The third-order valence-corrected chi connectivity index (χ3v) is 5.99. The zero-order valence-electron chi connectivity index (χ0n) is 16.8. The average Bonchev–Trinajstić information content (AvgIpc) is 2.79. The lowest BCUT2D eigenvalue weighted by molar-refractivity contribution is 0.102. The standard InChI is InChI=1S/C22H18N4O5S/c1-31-21-11-10-20(24-25-21)26-32(29,30)17-8-6-16(7-9-17)23-22(28)18-12-14-4-2-3-5-15(14)13-19(18)27/h2-13,27H,1H3,(H,23,28)(H,24,26). The Morgan fingerprint density at radius 3 is 2.25 bits per heavy atom. The number of methoxy groups -OCH3 is 1. The number of rotatable bonds is 6. The van der Waals surface area contributed by atoms with Crippen LogP contribution in [0.25, 0.3) is 10.8 Å². The Bertz CT molecular complexity index is 1390. The van der Waals surface area contributed by atoms with E-state index in [9.17, 15) is 18.3 Å². The van der Waals surface area contributed by atoms with Gasteiger partial charge < -0.3 is 15.2 Å². The molecule has 1 heterocycles. The lowest BCUT2D eigenvalue weighted by Gasteiger charge is -2.10. The number of sulfonamides is 1. The Labute approximate surface area is 183 Å². The number of carbonyl (C=O) groups is 1. The van der Waals surface area contributed by atoms with Gasteiger partial charge in [-0.15, -0.1) is 10.2 Å². The summed E-state index contributed by atoms with van der Waals surface area (Å²) in [4.78, 5) is 12.6. The average molecular weight is 450 g/mol. The zero-order chi connectivity index (χ0) is 22.7. The van der Waals surface area contributed by atoms with Crippen molar-refractivity contribution in [3.05, 3.63) is 78.4 Å². The first-order valence-electron chi connectivity index (χ1n) is 9.39. The Kier molecular flexibility index (Phi) is 5.61. The molecule has 0 unspecified atom stereocenters. The predicted molar refractivity (Wildman–Crippen MR) is 119 cm³/mol. The molecule has 0 saturated carbocycles. The van der Waals surface area contributed by atoms with Gasteiger partial charge in [0.1, 0.15) is 5.75 Å². The molecule has 0 atom stereocenters. The molecule has 162 valence electrons. The second-order valence-electron chi connectivity index (χ2n) is 6.76. The van der Waals surface area contributed by atoms with Crippen molar-refractivity contribution in [1.29, 1.82) is 0 Å². The van der Waals surface area contributed by atoms with Crippen LogP contribution in [0, 0.1) is 0 Å². The summed E-state index contributed by atoms with van der Waals surface area (Å²) in [6.07, 6.45) is 0. The molecular weight excluding hydrogens is 432 g/mol. The molecular formula is C22H18N4O5S. The van der Waals surface area contributed by atoms with E-state index < -0.39 is 15.9 Å². The van der Waals surface area contributed by atoms with Gasteiger partial charge >= 0.3 is 0 Å². The monoisotopic (exact) mass is 450 g/mol. The smallest absolute Gasteiger partial charge is 0.263 e. The molecule has 0 radical (unpaired) electrons. The first kappa shape index (κ1) is 21.1. The Morgan fingerprint density at radius 1 is 0.938 bits per heavy atom. The molecule has 1 amide bonds. The summed E-state index contributed by atoms with van der Waals surface area (Å²) in [6, 6.07) is 19.0. The van der Waals surface area contributed by atoms with Gasteiger partial charge in [0, 0.05) is 11.8 Å². The number of aromatic hydroxyl groups is 1. The van der Waals surface area contributed by atoms with Gasteiger partial charge in [-0.05, 0) is 53.2 Å². The summed E-state index contributed by atoms with van der Waals surface area (Å²) in [5.41, 5.74) is 0.478. The fraction of sp³-hybridized carbons (Fsp3) is 0.0455. The third kappa shape index (κ3) is 4.44. The van der Waals surface area contributed by atoms with Crippen molar-refractivity contribution in [3.8, 4) is 11.6 Å². The van der Waals surface area contributed by atoms with Crippen molar-refractivity contribution in [1.82, 2.24) is 10.2 Å². The number of ether oxygens (including phenoxy) is 1. The number of amides is 1. The zero-order valence-corrected chi connectivity index (χ0v) is 17.6. The Balaban J connectivity index is 1.49. The summed E-state index contributed by atoms with van der Waals surface area (Å²) < 4.78 is 32.3. The van der Waals surface area contributed by atoms with Gasteiger partial charge in [-0.3, -0.25) is 9.52 Å². The third-order valence-electron chi connectivity index (χ3n) is 4.62. The van der Waals surface area contributed by atoms with E-state index in [1.54, 1.807) is 6.07 Å². The highest BCUT2D eigenvalue weighted by Gasteiger charge is 2.17. The minimum absolute atomic E-state index is 0.0262. The molecule has 32 heavy (non-hydrogen) atoms. The van der Waals surface area contributed by atoms with Crippen molar-refractivity contribution in [3.63, 3.8) is 0 Å². The van der Waals surface area contributed by atoms with Crippen LogP contribution in [0.3, 0.4) is 0 Å². The SMILES string of the molecule is COc1ccc(NS(=O)(=O)c2ccc(NC(=O)c3cc4ccccc4cc3O)cc2)nn1. The van der Waals surface area contributed by atoms with Crippen LogP contribution in [-0.2, 0) is 10.0 Å². The normalized spacial score (nSPS) is 11.2. The molecule has 9 nitrogen and oxygen atoms in total. The number of anilines is 2. The number of hydrogen-bond acceptors (Lipinski definition) is 7. The maximum absolute atomic E-state index is 12.6. The fourth-order valence-electron chi connectivity index (χ4n) is 3.01. The molecule has 3 aromatic carbocycles.